The van der Waals surface area contributed by atoms with Crippen LogP contribution in [0.3, 0.4) is 0 Å². The van der Waals surface area contributed by atoms with Crippen LogP contribution < -0.4 is 5.32 Å². The molecule has 0 saturated carbocycles. The highest BCUT2D eigenvalue weighted by Crippen LogP contribution is 2.38. The summed E-state index contributed by atoms with van der Waals surface area (Å²) in [6, 6.07) is 15.8. The fourth-order valence-electron chi connectivity index (χ4n) is 4.39. The molecule has 0 unspecified atom stereocenters. The second-order valence-electron chi connectivity index (χ2n) is 8.90. The first kappa shape index (κ1) is 27.0. The minimum atomic E-state index is -4.53. The summed E-state index contributed by atoms with van der Waals surface area (Å²) in [5.74, 6) is 0.412. The molecular weight excluding hydrogens is 539 g/mol. The zero-order valence-electron chi connectivity index (χ0n) is 21.4. The molecule has 3 heterocycles. The number of carbonyl (C=O) groups excluding carboxylic acids is 1. The maximum absolute atomic E-state index is 13.6. The molecule has 0 aliphatic carbocycles. The topological polar surface area (TPSA) is 101 Å². The Hall–Kier alpha value is -4.63. The first-order valence-corrected chi connectivity index (χ1v) is 13.5. The second kappa shape index (κ2) is 10.9. The highest BCUT2D eigenvalue weighted by Gasteiger charge is 2.31. The Bertz CT molecular complexity index is 1750. The first-order chi connectivity index (χ1) is 19.2. The van der Waals surface area contributed by atoms with Crippen molar-refractivity contribution in [3.63, 3.8) is 0 Å². The van der Waals surface area contributed by atoms with Gasteiger partial charge in [0.05, 0.1) is 34.8 Å². The maximum Gasteiger partial charge on any atom is 0.416 e. The number of hydrogen-bond acceptors (Lipinski definition) is 6. The number of nitrogens with one attached hydrogen (secondary N) is 1. The Morgan fingerprint density at radius 3 is 2.62 bits per heavy atom. The van der Waals surface area contributed by atoms with Crippen LogP contribution in [0.4, 0.5) is 19.1 Å². The van der Waals surface area contributed by atoms with Crippen molar-refractivity contribution in [3.05, 3.63) is 83.7 Å². The molecule has 12 heteroatoms. The van der Waals surface area contributed by atoms with Crippen LogP contribution in [-0.2, 0) is 11.0 Å². The van der Waals surface area contributed by atoms with Gasteiger partial charge in [-0.2, -0.15) is 40.3 Å². The van der Waals surface area contributed by atoms with Crippen molar-refractivity contribution in [1.82, 2.24) is 24.4 Å². The quantitative estimate of drug-likeness (QED) is 0.256. The third-order valence-corrected chi connectivity index (χ3v) is 6.92. The molecule has 0 radical (unpaired) electrons. The number of alkyl halides is 3. The average molecular weight is 562 g/mol. The Morgan fingerprint density at radius 2 is 1.93 bits per heavy atom. The summed E-state index contributed by atoms with van der Waals surface area (Å²) >= 11 is 1.53. The molecular formula is C28H22F3N7OS. The van der Waals surface area contributed by atoms with Gasteiger partial charge in [-0.05, 0) is 66.8 Å². The summed E-state index contributed by atoms with van der Waals surface area (Å²) in [6.07, 6.45) is 0.954. The lowest BCUT2D eigenvalue weighted by molar-refractivity contribution is -0.137. The molecule has 3 aromatic heterocycles. The summed E-state index contributed by atoms with van der Waals surface area (Å²) in [7, 11) is 0. The van der Waals surface area contributed by atoms with Crippen molar-refractivity contribution in [2.45, 2.75) is 19.5 Å². The molecule has 0 aliphatic heterocycles. The molecule has 8 nitrogen and oxygen atoms in total. The van der Waals surface area contributed by atoms with E-state index in [4.69, 9.17) is 5.26 Å². The molecule has 0 spiro atoms. The number of thioether (sulfide) groups is 1. The summed E-state index contributed by atoms with van der Waals surface area (Å²) in [5, 5.41) is 20.7. The number of amides is 1. The molecule has 5 rings (SSSR count). The van der Waals surface area contributed by atoms with Crippen LogP contribution in [0.1, 0.15) is 23.1 Å². The number of nitriles is 1. The highest BCUT2D eigenvalue weighted by molar-refractivity contribution is 7.98. The van der Waals surface area contributed by atoms with E-state index in [2.05, 4.69) is 26.6 Å². The number of anilines is 1. The zero-order valence-corrected chi connectivity index (χ0v) is 22.2. The predicted octanol–water partition coefficient (Wildman–Crippen LogP) is 6.14. The van der Waals surface area contributed by atoms with E-state index in [0.717, 1.165) is 12.1 Å². The SMILES string of the molecule is CSCCC(=O)Nc1nc2c(-c3cccc(C(F)(F)F)c3)c(C)c(-c3ccnn3-c3ccc(C#N)cc3)cn2n1. The van der Waals surface area contributed by atoms with Gasteiger partial charge < -0.3 is 0 Å². The zero-order chi connectivity index (χ0) is 28.4. The molecule has 0 bridgehead atoms. The maximum atomic E-state index is 13.6. The van der Waals surface area contributed by atoms with Crippen LogP contribution in [0.15, 0.2) is 67.0 Å². The van der Waals surface area contributed by atoms with E-state index in [-0.39, 0.29) is 18.3 Å². The number of nitrogens with zero attached hydrogens (tertiary/aromatic N) is 6. The Kier molecular flexibility index (Phi) is 7.32. The molecule has 40 heavy (non-hydrogen) atoms. The number of halogens is 3. The van der Waals surface area contributed by atoms with E-state index in [1.807, 2.05) is 6.26 Å². The number of fused-ring (bicyclic) bond motifs is 1. The number of aromatic nitrogens is 5. The van der Waals surface area contributed by atoms with E-state index < -0.39 is 11.7 Å². The molecule has 1 amide bonds. The fraction of sp³-hybridized carbons (Fsp3) is 0.179. The van der Waals surface area contributed by atoms with Crippen molar-refractivity contribution < 1.29 is 18.0 Å². The molecule has 0 aliphatic rings. The van der Waals surface area contributed by atoms with Crippen LogP contribution in [0.5, 0.6) is 0 Å². The van der Waals surface area contributed by atoms with Gasteiger partial charge in [-0.1, -0.05) is 12.1 Å². The molecule has 0 saturated heterocycles. The van der Waals surface area contributed by atoms with Crippen molar-refractivity contribution in [2.24, 2.45) is 0 Å². The van der Waals surface area contributed by atoms with Crippen molar-refractivity contribution in [2.75, 3.05) is 17.3 Å². The molecule has 202 valence electrons. The third kappa shape index (κ3) is 5.28. The largest absolute Gasteiger partial charge is 0.416 e. The van der Waals surface area contributed by atoms with E-state index in [1.165, 1.54) is 22.3 Å². The minimum Gasteiger partial charge on any atom is -0.293 e. The van der Waals surface area contributed by atoms with Crippen LogP contribution in [0.25, 0.3) is 33.7 Å². The summed E-state index contributed by atoms with van der Waals surface area (Å²) < 4.78 is 44.0. The van der Waals surface area contributed by atoms with E-state index in [0.29, 0.717) is 50.6 Å². The van der Waals surface area contributed by atoms with Crippen molar-refractivity contribution in [3.8, 4) is 34.1 Å². The van der Waals surface area contributed by atoms with Gasteiger partial charge in [-0.3, -0.25) is 10.1 Å². The lowest BCUT2D eigenvalue weighted by Crippen LogP contribution is -2.13. The van der Waals surface area contributed by atoms with E-state index in [1.54, 1.807) is 60.4 Å². The molecule has 0 atom stereocenters. The average Bonchev–Trinajstić information content (AvgIpc) is 3.58. The number of carbonyl (C=O) groups is 1. The van der Waals surface area contributed by atoms with Crippen LogP contribution in [-0.4, -0.2) is 42.3 Å². The smallest absolute Gasteiger partial charge is 0.293 e. The number of rotatable bonds is 7. The second-order valence-corrected chi connectivity index (χ2v) is 9.89. The van der Waals surface area contributed by atoms with Gasteiger partial charge in [0.2, 0.25) is 11.9 Å². The van der Waals surface area contributed by atoms with E-state index >= 15 is 0 Å². The monoisotopic (exact) mass is 561 g/mol. The van der Waals surface area contributed by atoms with Gasteiger partial charge in [-0.25, -0.2) is 9.20 Å². The van der Waals surface area contributed by atoms with Gasteiger partial charge in [0.15, 0.2) is 5.65 Å². The Morgan fingerprint density at radius 1 is 1.15 bits per heavy atom. The summed E-state index contributed by atoms with van der Waals surface area (Å²) in [4.78, 5) is 16.8. The minimum absolute atomic E-state index is 0.0523. The molecule has 1 N–H and O–H groups in total. The highest BCUT2D eigenvalue weighted by atomic mass is 32.2. The van der Waals surface area contributed by atoms with Gasteiger partial charge in [0.25, 0.3) is 0 Å². The van der Waals surface area contributed by atoms with E-state index in [9.17, 15) is 18.0 Å². The predicted molar refractivity (Wildman–Crippen MR) is 147 cm³/mol. The normalized spacial score (nSPS) is 11.5. The van der Waals surface area contributed by atoms with Gasteiger partial charge >= 0.3 is 6.18 Å². The molecule has 5 aromatic rings. The Labute approximate surface area is 231 Å². The summed E-state index contributed by atoms with van der Waals surface area (Å²) in [6.45, 7) is 1.80. The lowest BCUT2D eigenvalue weighted by atomic mass is 9.95. The first-order valence-electron chi connectivity index (χ1n) is 12.1. The van der Waals surface area contributed by atoms with Crippen molar-refractivity contribution in [1.29, 1.82) is 5.26 Å². The van der Waals surface area contributed by atoms with Gasteiger partial charge in [0.1, 0.15) is 0 Å². The van der Waals surface area contributed by atoms with Crippen LogP contribution >= 0.6 is 11.8 Å². The van der Waals surface area contributed by atoms with Crippen LogP contribution in [0, 0.1) is 18.3 Å². The molecule has 2 aromatic carbocycles. The Balaban J connectivity index is 1.71. The standard InChI is InChI=1S/C28H22F3N7OS/c1-17-22(23-10-12-33-38(23)21-8-6-18(15-32)7-9-21)16-37-26(35-27(36-37)34-24(39)11-13-40-2)25(17)19-4-3-5-20(14-19)28(29,30)31/h3-10,12,14,16H,11,13H2,1-2H3,(H,34,36,39). The van der Waals surface area contributed by atoms with Gasteiger partial charge in [0, 0.05) is 29.5 Å². The molecule has 0 fully saturated rings. The number of benzene rings is 2. The fourth-order valence-corrected chi connectivity index (χ4v) is 4.77. The lowest BCUT2D eigenvalue weighted by Gasteiger charge is -2.16. The number of hydrogen-bond donors (Lipinski definition) is 1. The van der Waals surface area contributed by atoms with Gasteiger partial charge in [-0.15, -0.1) is 5.10 Å². The summed E-state index contributed by atoms with van der Waals surface area (Å²) in [5.41, 5.74) is 3.38. The number of pyridine rings is 1. The third-order valence-electron chi connectivity index (χ3n) is 6.31. The van der Waals surface area contributed by atoms with Crippen molar-refractivity contribution >= 4 is 29.3 Å². The van der Waals surface area contributed by atoms with Crippen LogP contribution in [0.2, 0.25) is 0 Å².